The molecule has 1 fully saturated rings. The van der Waals surface area contributed by atoms with Crippen LogP contribution in [0.1, 0.15) is 12.0 Å². The summed E-state index contributed by atoms with van der Waals surface area (Å²) in [6.45, 7) is 3.19. The van der Waals surface area contributed by atoms with Crippen molar-refractivity contribution in [2.45, 2.75) is 19.0 Å². The molecule has 1 unspecified atom stereocenters. The maximum absolute atomic E-state index is 5.85. The van der Waals surface area contributed by atoms with E-state index in [1.54, 1.807) is 0 Å². The van der Waals surface area contributed by atoms with Gasteiger partial charge in [0.05, 0.1) is 11.4 Å². The van der Waals surface area contributed by atoms with Crippen molar-refractivity contribution in [1.29, 1.82) is 0 Å². The molecule has 0 aliphatic carbocycles. The third kappa shape index (κ3) is 3.47. The van der Waals surface area contributed by atoms with E-state index in [2.05, 4.69) is 40.5 Å². The van der Waals surface area contributed by atoms with Crippen molar-refractivity contribution in [3.63, 3.8) is 0 Å². The molecule has 0 spiro atoms. The summed E-state index contributed by atoms with van der Waals surface area (Å²) in [5.74, 6) is 0. The van der Waals surface area contributed by atoms with Crippen LogP contribution in [0.3, 0.4) is 0 Å². The van der Waals surface area contributed by atoms with Crippen LogP contribution in [-0.4, -0.2) is 24.0 Å². The smallest absolute Gasteiger partial charge is 0.0568 e. The number of likely N-dealkylation sites (tertiary alicyclic amines) is 1. The van der Waals surface area contributed by atoms with Crippen LogP contribution in [0.2, 0.25) is 0 Å². The van der Waals surface area contributed by atoms with E-state index in [4.69, 9.17) is 11.5 Å². The second kappa shape index (κ2) is 6.06. The lowest BCUT2D eigenvalue weighted by atomic mass is 10.2. The van der Waals surface area contributed by atoms with Gasteiger partial charge < -0.3 is 16.8 Å². The molecule has 21 heavy (non-hydrogen) atoms. The van der Waals surface area contributed by atoms with Crippen LogP contribution in [0.4, 0.5) is 17.1 Å². The number of rotatable bonds is 4. The first-order chi connectivity index (χ1) is 10.2. The van der Waals surface area contributed by atoms with E-state index in [0.717, 1.165) is 31.7 Å². The standard InChI is InChI=1S/C17H22N4/c18-16-7-6-14(10-17(16)19)20-15-8-9-21(12-15)11-13-4-2-1-3-5-13/h1-7,10,15,20H,8-9,11-12,18-19H2. The van der Waals surface area contributed by atoms with Gasteiger partial charge >= 0.3 is 0 Å². The Morgan fingerprint density at radius 2 is 1.86 bits per heavy atom. The van der Waals surface area contributed by atoms with Crippen LogP contribution in [0.5, 0.6) is 0 Å². The molecule has 5 N–H and O–H groups in total. The van der Waals surface area contributed by atoms with Crippen LogP contribution >= 0.6 is 0 Å². The second-order valence-corrected chi connectivity index (χ2v) is 5.69. The molecular weight excluding hydrogens is 260 g/mol. The monoisotopic (exact) mass is 282 g/mol. The van der Waals surface area contributed by atoms with E-state index in [1.165, 1.54) is 5.56 Å². The first kappa shape index (κ1) is 13.8. The lowest BCUT2D eigenvalue weighted by molar-refractivity contribution is 0.328. The highest BCUT2D eigenvalue weighted by Gasteiger charge is 2.22. The molecule has 1 heterocycles. The molecule has 2 aromatic carbocycles. The third-order valence-electron chi connectivity index (χ3n) is 3.98. The van der Waals surface area contributed by atoms with Crippen molar-refractivity contribution < 1.29 is 0 Å². The van der Waals surface area contributed by atoms with Crippen molar-refractivity contribution in [3.8, 4) is 0 Å². The number of nitrogen functional groups attached to an aromatic ring is 2. The minimum Gasteiger partial charge on any atom is -0.397 e. The van der Waals surface area contributed by atoms with Crippen LogP contribution in [0, 0.1) is 0 Å². The van der Waals surface area contributed by atoms with E-state index in [-0.39, 0.29) is 0 Å². The maximum Gasteiger partial charge on any atom is 0.0568 e. The molecule has 1 saturated heterocycles. The van der Waals surface area contributed by atoms with E-state index in [0.29, 0.717) is 17.4 Å². The van der Waals surface area contributed by atoms with Crippen LogP contribution in [0.25, 0.3) is 0 Å². The first-order valence-electron chi connectivity index (χ1n) is 7.38. The molecule has 0 saturated carbocycles. The number of nitrogens with one attached hydrogen (secondary N) is 1. The molecular formula is C17H22N4. The second-order valence-electron chi connectivity index (χ2n) is 5.69. The van der Waals surface area contributed by atoms with E-state index < -0.39 is 0 Å². The molecule has 0 amide bonds. The Kier molecular flexibility index (Phi) is 3.97. The summed E-state index contributed by atoms with van der Waals surface area (Å²) in [7, 11) is 0. The predicted octanol–water partition coefficient (Wildman–Crippen LogP) is 2.54. The van der Waals surface area contributed by atoms with Gasteiger partial charge in [0, 0.05) is 31.4 Å². The van der Waals surface area contributed by atoms with E-state index in [1.807, 2.05) is 18.2 Å². The van der Waals surface area contributed by atoms with Crippen molar-refractivity contribution in [1.82, 2.24) is 4.90 Å². The van der Waals surface area contributed by atoms with Gasteiger partial charge in [0.25, 0.3) is 0 Å². The molecule has 0 bridgehead atoms. The summed E-state index contributed by atoms with van der Waals surface area (Å²) >= 11 is 0. The quantitative estimate of drug-likeness (QED) is 0.754. The lowest BCUT2D eigenvalue weighted by Crippen LogP contribution is -2.26. The number of benzene rings is 2. The third-order valence-corrected chi connectivity index (χ3v) is 3.98. The summed E-state index contributed by atoms with van der Waals surface area (Å²) in [5.41, 5.74) is 15.3. The Bertz CT molecular complexity index is 597. The highest BCUT2D eigenvalue weighted by atomic mass is 15.2. The van der Waals surface area contributed by atoms with Gasteiger partial charge in [-0.25, -0.2) is 0 Å². The van der Waals surface area contributed by atoms with Gasteiger partial charge in [-0.15, -0.1) is 0 Å². The fourth-order valence-electron chi connectivity index (χ4n) is 2.84. The maximum atomic E-state index is 5.85. The molecule has 0 radical (unpaired) electrons. The van der Waals surface area contributed by atoms with Crippen molar-refractivity contribution in [2.24, 2.45) is 0 Å². The summed E-state index contributed by atoms with van der Waals surface area (Å²) < 4.78 is 0. The van der Waals surface area contributed by atoms with Gasteiger partial charge in [-0.1, -0.05) is 30.3 Å². The molecule has 3 rings (SSSR count). The number of anilines is 3. The van der Waals surface area contributed by atoms with Gasteiger partial charge in [0.15, 0.2) is 0 Å². The van der Waals surface area contributed by atoms with Gasteiger partial charge in [0.1, 0.15) is 0 Å². The zero-order valence-electron chi connectivity index (χ0n) is 12.1. The largest absolute Gasteiger partial charge is 0.397 e. The fraction of sp³-hybridized carbons (Fsp3) is 0.294. The molecule has 1 aliphatic rings. The van der Waals surface area contributed by atoms with Crippen LogP contribution in [0.15, 0.2) is 48.5 Å². The Morgan fingerprint density at radius 1 is 1.05 bits per heavy atom. The Hall–Kier alpha value is -2.20. The SMILES string of the molecule is Nc1ccc(NC2CCN(Cc3ccccc3)C2)cc1N. The van der Waals surface area contributed by atoms with Crippen LogP contribution < -0.4 is 16.8 Å². The van der Waals surface area contributed by atoms with Crippen molar-refractivity contribution in [3.05, 3.63) is 54.1 Å². The van der Waals surface area contributed by atoms with Gasteiger partial charge in [0.2, 0.25) is 0 Å². The van der Waals surface area contributed by atoms with E-state index in [9.17, 15) is 0 Å². The van der Waals surface area contributed by atoms with Gasteiger partial charge in [-0.05, 0) is 30.2 Å². The minimum absolute atomic E-state index is 0.469. The molecule has 2 aromatic rings. The number of hydrogen-bond acceptors (Lipinski definition) is 4. The van der Waals surface area contributed by atoms with Crippen molar-refractivity contribution >= 4 is 17.1 Å². The molecule has 4 nitrogen and oxygen atoms in total. The molecule has 110 valence electrons. The van der Waals surface area contributed by atoms with E-state index >= 15 is 0 Å². The average molecular weight is 282 g/mol. The topological polar surface area (TPSA) is 67.3 Å². The first-order valence-corrected chi connectivity index (χ1v) is 7.38. The predicted molar refractivity (Wildman–Crippen MR) is 89.0 cm³/mol. The molecule has 1 aliphatic heterocycles. The number of nitrogens with two attached hydrogens (primary N) is 2. The summed E-state index contributed by atoms with van der Waals surface area (Å²) in [6.07, 6.45) is 1.15. The van der Waals surface area contributed by atoms with Gasteiger partial charge in [-0.3, -0.25) is 4.90 Å². The van der Waals surface area contributed by atoms with Crippen molar-refractivity contribution in [2.75, 3.05) is 29.9 Å². The number of hydrogen-bond donors (Lipinski definition) is 3. The Labute approximate surface area is 125 Å². The highest BCUT2D eigenvalue weighted by molar-refractivity contribution is 5.69. The minimum atomic E-state index is 0.469. The van der Waals surface area contributed by atoms with Gasteiger partial charge in [-0.2, -0.15) is 0 Å². The summed E-state index contributed by atoms with van der Waals surface area (Å²) in [5, 5.41) is 3.55. The zero-order chi connectivity index (χ0) is 14.7. The molecule has 1 atom stereocenters. The lowest BCUT2D eigenvalue weighted by Gasteiger charge is -2.18. The van der Waals surface area contributed by atoms with Crippen LogP contribution in [-0.2, 0) is 6.54 Å². The zero-order valence-corrected chi connectivity index (χ0v) is 12.1. The Morgan fingerprint density at radius 3 is 2.62 bits per heavy atom. The molecule has 0 aromatic heterocycles. The average Bonchev–Trinajstić information content (AvgIpc) is 2.91. The summed E-state index contributed by atoms with van der Waals surface area (Å²) in [6, 6.07) is 16.8. The fourth-order valence-corrected chi connectivity index (χ4v) is 2.84. The number of nitrogens with zero attached hydrogens (tertiary/aromatic N) is 1. The Balaban J connectivity index is 1.56. The summed E-state index contributed by atoms with van der Waals surface area (Å²) in [4.78, 5) is 2.48. The highest BCUT2D eigenvalue weighted by Crippen LogP contribution is 2.22. The molecule has 4 heteroatoms. The normalized spacial score (nSPS) is 18.8.